The number of carbonyl (C=O) groups excluding carboxylic acids is 1. The number of amides is 1. The first-order valence-electron chi connectivity index (χ1n) is 9.80. The smallest absolute Gasteiger partial charge is 0.254 e. The maximum atomic E-state index is 13.3. The molecule has 3 heterocycles. The van der Waals surface area contributed by atoms with Crippen molar-refractivity contribution < 1.29 is 19.0 Å². The predicted molar refractivity (Wildman–Crippen MR) is 106 cm³/mol. The van der Waals surface area contributed by atoms with Crippen molar-refractivity contribution in [3.8, 4) is 17.2 Å². The standard InChI is InChI=1S/C23H23NO4/c1-26-20-7-2-15(3-8-20)17-12-18-5-6-19(13-17)24(18)23(25)16-4-9-21-22(14-16)28-11-10-27-21/h2-4,7-9,12,14,18-19H,5-6,10-11,13H2,1H3. The average molecular weight is 377 g/mol. The molecule has 5 heteroatoms. The zero-order valence-corrected chi connectivity index (χ0v) is 15.9. The third kappa shape index (κ3) is 2.91. The van der Waals surface area contributed by atoms with Gasteiger partial charge in [0.25, 0.3) is 5.91 Å². The van der Waals surface area contributed by atoms with Gasteiger partial charge >= 0.3 is 0 Å². The molecule has 2 bridgehead atoms. The fourth-order valence-electron chi connectivity index (χ4n) is 4.49. The van der Waals surface area contributed by atoms with Crippen LogP contribution < -0.4 is 14.2 Å². The number of hydrogen-bond acceptors (Lipinski definition) is 4. The Bertz CT molecular complexity index is 934. The van der Waals surface area contributed by atoms with E-state index >= 15 is 0 Å². The van der Waals surface area contributed by atoms with Gasteiger partial charge in [-0.25, -0.2) is 0 Å². The highest BCUT2D eigenvalue weighted by molar-refractivity contribution is 5.96. The van der Waals surface area contributed by atoms with Crippen molar-refractivity contribution in [2.45, 2.75) is 31.3 Å². The Hall–Kier alpha value is -2.95. The molecule has 0 spiro atoms. The van der Waals surface area contributed by atoms with Gasteiger partial charge in [-0.2, -0.15) is 0 Å². The molecule has 2 aromatic rings. The topological polar surface area (TPSA) is 48.0 Å². The quantitative estimate of drug-likeness (QED) is 0.813. The molecule has 0 aromatic heterocycles. The molecule has 0 saturated carbocycles. The summed E-state index contributed by atoms with van der Waals surface area (Å²) in [6.45, 7) is 1.07. The van der Waals surface area contributed by atoms with E-state index in [2.05, 4.69) is 23.1 Å². The van der Waals surface area contributed by atoms with Crippen LogP contribution in [0, 0.1) is 0 Å². The molecule has 2 aromatic carbocycles. The van der Waals surface area contributed by atoms with Crippen LogP contribution in [0.3, 0.4) is 0 Å². The Labute approximate surface area is 164 Å². The lowest BCUT2D eigenvalue weighted by molar-refractivity contribution is 0.0691. The first-order chi connectivity index (χ1) is 13.7. The maximum absolute atomic E-state index is 13.3. The fourth-order valence-corrected chi connectivity index (χ4v) is 4.49. The molecule has 2 unspecified atom stereocenters. The van der Waals surface area contributed by atoms with E-state index in [4.69, 9.17) is 14.2 Å². The number of methoxy groups -OCH3 is 1. The normalized spacial score (nSPS) is 22.6. The van der Waals surface area contributed by atoms with Gasteiger partial charge in [0.15, 0.2) is 11.5 Å². The zero-order valence-electron chi connectivity index (χ0n) is 15.9. The molecule has 3 aliphatic heterocycles. The fraction of sp³-hybridized carbons (Fsp3) is 0.348. The summed E-state index contributed by atoms with van der Waals surface area (Å²) in [5, 5.41) is 0. The van der Waals surface area contributed by atoms with Gasteiger partial charge in [0, 0.05) is 11.6 Å². The SMILES string of the molecule is COc1ccc(C2=CC3CCC(C2)N3C(=O)c2ccc3c(c2)OCCO3)cc1. The number of fused-ring (bicyclic) bond motifs is 3. The Balaban J connectivity index is 1.40. The predicted octanol–water partition coefficient (Wildman–Crippen LogP) is 3.93. The summed E-state index contributed by atoms with van der Waals surface area (Å²) in [6.07, 6.45) is 5.21. The number of nitrogens with zero attached hydrogens (tertiary/aromatic N) is 1. The molecule has 144 valence electrons. The first kappa shape index (κ1) is 17.2. The van der Waals surface area contributed by atoms with Crippen molar-refractivity contribution >= 4 is 11.5 Å². The lowest BCUT2D eigenvalue weighted by atomic mass is 9.94. The van der Waals surface area contributed by atoms with Crippen LogP contribution in [0.15, 0.2) is 48.5 Å². The van der Waals surface area contributed by atoms with Crippen molar-refractivity contribution in [2.24, 2.45) is 0 Å². The molecule has 0 aliphatic carbocycles. The maximum Gasteiger partial charge on any atom is 0.254 e. The van der Waals surface area contributed by atoms with E-state index in [1.165, 1.54) is 11.1 Å². The minimum Gasteiger partial charge on any atom is -0.497 e. The third-order valence-electron chi connectivity index (χ3n) is 5.88. The van der Waals surface area contributed by atoms with Crippen LogP contribution in [0.5, 0.6) is 17.2 Å². The summed E-state index contributed by atoms with van der Waals surface area (Å²) in [6, 6.07) is 14.1. The molecule has 0 radical (unpaired) electrons. The molecule has 1 fully saturated rings. The number of benzene rings is 2. The van der Waals surface area contributed by atoms with Gasteiger partial charge in [0.1, 0.15) is 19.0 Å². The van der Waals surface area contributed by atoms with Crippen LogP contribution in [0.25, 0.3) is 5.57 Å². The molecule has 3 aliphatic rings. The van der Waals surface area contributed by atoms with Gasteiger partial charge < -0.3 is 19.1 Å². The molecule has 2 atom stereocenters. The second kappa shape index (κ2) is 6.89. The Morgan fingerprint density at radius 2 is 1.82 bits per heavy atom. The van der Waals surface area contributed by atoms with Gasteiger partial charge in [0.05, 0.1) is 13.2 Å². The van der Waals surface area contributed by atoms with Crippen molar-refractivity contribution in [1.82, 2.24) is 4.90 Å². The molecular formula is C23H23NO4. The minimum atomic E-state index is 0.0782. The molecule has 5 nitrogen and oxygen atoms in total. The van der Waals surface area contributed by atoms with Gasteiger partial charge in [-0.1, -0.05) is 18.2 Å². The molecular weight excluding hydrogens is 354 g/mol. The highest BCUT2D eigenvalue weighted by Gasteiger charge is 2.40. The summed E-state index contributed by atoms with van der Waals surface area (Å²) in [7, 11) is 1.68. The number of rotatable bonds is 3. The summed E-state index contributed by atoms with van der Waals surface area (Å²) in [4.78, 5) is 15.3. The van der Waals surface area contributed by atoms with E-state index in [1.54, 1.807) is 7.11 Å². The van der Waals surface area contributed by atoms with Crippen molar-refractivity contribution in [3.63, 3.8) is 0 Å². The van der Waals surface area contributed by atoms with Crippen LogP contribution >= 0.6 is 0 Å². The number of ether oxygens (including phenoxy) is 3. The highest BCUT2D eigenvalue weighted by atomic mass is 16.6. The van der Waals surface area contributed by atoms with Crippen LogP contribution in [0.2, 0.25) is 0 Å². The lowest BCUT2D eigenvalue weighted by Crippen LogP contribution is -2.43. The van der Waals surface area contributed by atoms with E-state index in [1.807, 2.05) is 30.3 Å². The second-order valence-corrected chi connectivity index (χ2v) is 7.49. The van der Waals surface area contributed by atoms with E-state index in [9.17, 15) is 4.79 Å². The van der Waals surface area contributed by atoms with E-state index in [-0.39, 0.29) is 18.0 Å². The van der Waals surface area contributed by atoms with Crippen molar-refractivity contribution in [2.75, 3.05) is 20.3 Å². The van der Waals surface area contributed by atoms with Crippen LogP contribution in [0.4, 0.5) is 0 Å². The lowest BCUT2D eigenvalue weighted by Gasteiger charge is -2.34. The monoisotopic (exact) mass is 377 g/mol. The zero-order chi connectivity index (χ0) is 19.1. The molecule has 1 saturated heterocycles. The molecule has 0 N–H and O–H groups in total. The van der Waals surface area contributed by atoms with E-state index in [0.29, 0.717) is 30.3 Å². The van der Waals surface area contributed by atoms with Gasteiger partial charge in [-0.05, 0) is 60.7 Å². The summed E-state index contributed by atoms with van der Waals surface area (Å²) < 4.78 is 16.5. The largest absolute Gasteiger partial charge is 0.497 e. The molecule has 5 rings (SSSR count). The van der Waals surface area contributed by atoms with Crippen LogP contribution in [0.1, 0.15) is 35.2 Å². The minimum absolute atomic E-state index is 0.0782. The molecule has 28 heavy (non-hydrogen) atoms. The molecule has 1 amide bonds. The van der Waals surface area contributed by atoms with Crippen LogP contribution in [-0.2, 0) is 0 Å². The first-order valence-corrected chi connectivity index (χ1v) is 9.80. The summed E-state index contributed by atoms with van der Waals surface area (Å²) in [5.74, 6) is 2.31. The van der Waals surface area contributed by atoms with Gasteiger partial charge in [0.2, 0.25) is 0 Å². The van der Waals surface area contributed by atoms with E-state index < -0.39 is 0 Å². The van der Waals surface area contributed by atoms with Crippen LogP contribution in [-0.4, -0.2) is 43.2 Å². The highest BCUT2D eigenvalue weighted by Crippen LogP contribution is 2.40. The number of carbonyl (C=O) groups is 1. The second-order valence-electron chi connectivity index (χ2n) is 7.49. The Kier molecular flexibility index (Phi) is 4.23. The van der Waals surface area contributed by atoms with Crippen molar-refractivity contribution in [3.05, 3.63) is 59.7 Å². The Morgan fingerprint density at radius 3 is 2.57 bits per heavy atom. The van der Waals surface area contributed by atoms with Crippen molar-refractivity contribution in [1.29, 1.82) is 0 Å². The average Bonchev–Trinajstić information content (AvgIpc) is 3.02. The Morgan fingerprint density at radius 1 is 1.04 bits per heavy atom. The van der Waals surface area contributed by atoms with Gasteiger partial charge in [-0.3, -0.25) is 4.79 Å². The summed E-state index contributed by atoms with van der Waals surface area (Å²) in [5.41, 5.74) is 3.20. The van der Waals surface area contributed by atoms with Gasteiger partial charge in [-0.15, -0.1) is 0 Å². The third-order valence-corrected chi connectivity index (χ3v) is 5.88. The summed E-state index contributed by atoms with van der Waals surface area (Å²) >= 11 is 0. The van der Waals surface area contributed by atoms with E-state index in [0.717, 1.165) is 25.0 Å². The number of hydrogen-bond donors (Lipinski definition) is 0.